The molecule has 2 unspecified atom stereocenters. The van der Waals surface area contributed by atoms with E-state index < -0.39 is 42.7 Å². The zero-order valence-electron chi connectivity index (χ0n) is 27.5. The number of aliphatic carboxylic acids is 2. The summed E-state index contributed by atoms with van der Waals surface area (Å²) in [6.07, 6.45) is 3.23. The number of nitrogens with one attached hydrogen (secondary N) is 4. The molecular formula is C35H47N5O9. The number of fused-ring (bicyclic) bond motifs is 2. The molecule has 5 atom stereocenters. The molecule has 2 aromatic carbocycles. The van der Waals surface area contributed by atoms with Crippen LogP contribution in [0.15, 0.2) is 42.5 Å². The van der Waals surface area contributed by atoms with Crippen molar-refractivity contribution in [3.63, 3.8) is 0 Å². The Morgan fingerprint density at radius 3 is 2.24 bits per heavy atom. The molecule has 14 heteroatoms. The van der Waals surface area contributed by atoms with Gasteiger partial charge in [-0.05, 0) is 85.6 Å². The minimum absolute atomic E-state index is 0.106. The number of urea groups is 1. The minimum atomic E-state index is -1.44. The van der Waals surface area contributed by atoms with Crippen molar-refractivity contribution >= 4 is 47.0 Å². The Hall–Kier alpha value is -4.72. The summed E-state index contributed by atoms with van der Waals surface area (Å²) in [5.74, 6) is -1.64. The lowest BCUT2D eigenvalue weighted by Gasteiger charge is -2.22. The first-order chi connectivity index (χ1) is 23.6. The molecule has 49 heavy (non-hydrogen) atoms. The molecule has 4 rings (SSSR count). The van der Waals surface area contributed by atoms with Crippen LogP contribution in [0.5, 0.6) is 0 Å². The van der Waals surface area contributed by atoms with E-state index in [-0.39, 0.29) is 43.6 Å². The average Bonchev–Trinajstić information content (AvgIpc) is 3.65. The molecule has 0 radical (unpaired) electrons. The maximum Gasteiger partial charge on any atom is 0.326 e. The highest BCUT2D eigenvalue weighted by molar-refractivity contribution is 5.89. The molecule has 2 aromatic rings. The summed E-state index contributed by atoms with van der Waals surface area (Å²) >= 11 is 0. The Labute approximate surface area is 284 Å². The number of ether oxygens (including phenoxy) is 1. The molecule has 0 aliphatic heterocycles. The quantitative estimate of drug-likeness (QED) is 0.0650. The van der Waals surface area contributed by atoms with Gasteiger partial charge in [-0.2, -0.15) is 0 Å². The van der Waals surface area contributed by atoms with Gasteiger partial charge < -0.3 is 42.0 Å². The summed E-state index contributed by atoms with van der Waals surface area (Å²) in [5.41, 5.74) is 6.81. The van der Waals surface area contributed by atoms with E-state index in [1.165, 1.54) is 0 Å². The van der Waals surface area contributed by atoms with Crippen LogP contribution in [-0.2, 0) is 35.1 Å². The van der Waals surface area contributed by atoms with Crippen molar-refractivity contribution in [3.8, 4) is 0 Å². The highest BCUT2D eigenvalue weighted by Crippen LogP contribution is 2.49. The van der Waals surface area contributed by atoms with Crippen LogP contribution in [0.2, 0.25) is 0 Å². The topological polar surface area (TPSA) is 226 Å². The molecule has 0 saturated heterocycles. The third kappa shape index (κ3) is 11.2. The van der Waals surface area contributed by atoms with Gasteiger partial charge in [-0.15, -0.1) is 0 Å². The first-order valence-corrected chi connectivity index (χ1v) is 16.9. The fourth-order valence-electron chi connectivity index (χ4n) is 7.15. The monoisotopic (exact) mass is 681 g/mol. The Bertz CT molecular complexity index is 1470. The Morgan fingerprint density at radius 1 is 0.878 bits per heavy atom. The Morgan fingerprint density at radius 2 is 1.59 bits per heavy atom. The van der Waals surface area contributed by atoms with Crippen molar-refractivity contribution in [2.75, 3.05) is 13.1 Å². The van der Waals surface area contributed by atoms with E-state index in [4.69, 9.17) is 15.6 Å². The summed E-state index contributed by atoms with van der Waals surface area (Å²) in [7, 11) is 0. The van der Waals surface area contributed by atoms with Gasteiger partial charge in [0.25, 0.3) is 6.47 Å². The van der Waals surface area contributed by atoms with Crippen LogP contribution in [0, 0.1) is 23.7 Å². The van der Waals surface area contributed by atoms with Gasteiger partial charge in [0, 0.05) is 31.7 Å². The highest BCUT2D eigenvalue weighted by Gasteiger charge is 2.44. The number of amides is 4. The second kappa shape index (κ2) is 18.2. The number of carboxylic acid groups (broad SMARTS) is 2. The lowest BCUT2D eigenvalue weighted by molar-refractivity contribution is -0.141. The minimum Gasteiger partial charge on any atom is -0.481 e. The van der Waals surface area contributed by atoms with E-state index in [0.29, 0.717) is 43.6 Å². The van der Waals surface area contributed by atoms with Gasteiger partial charge in [0.2, 0.25) is 11.8 Å². The van der Waals surface area contributed by atoms with Gasteiger partial charge in [0.05, 0.1) is 0 Å². The van der Waals surface area contributed by atoms with E-state index in [9.17, 15) is 33.9 Å². The molecule has 0 heterocycles. The van der Waals surface area contributed by atoms with Gasteiger partial charge in [0.15, 0.2) is 6.23 Å². The van der Waals surface area contributed by atoms with Crippen LogP contribution >= 0.6 is 0 Å². The van der Waals surface area contributed by atoms with Crippen LogP contribution in [0.4, 0.5) is 4.79 Å². The number of nitrogens with two attached hydrogens (primary N) is 1. The summed E-state index contributed by atoms with van der Waals surface area (Å²) in [4.78, 5) is 72.4. The zero-order valence-corrected chi connectivity index (χ0v) is 27.5. The smallest absolute Gasteiger partial charge is 0.326 e. The zero-order chi connectivity index (χ0) is 35.3. The third-order valence-electron chi connectivity index (χ3n) is 9.66. The normalized spacial score (nSPS) is 21.5. The van der Waals surface area contributed by atoms with E-state index in [1.54, 1.807) is 0 Å². The molecule has 2 saturated carbocycles. The van der Waals surface area contributed by atoms with Crippen molar-refractivity contribution in [1.29, 1.82) is 0 Å². The van der Waals surface area contributed by atoms with E-state index in [1.807, 2.05) is 42.5 Å². The van der Waals surface area contributed by atoms with Crippen LogP contribution in [-0.4, -0.2) is 77.9 Å². The number of rotatable bonds is 19. The predicted octanol–water partition coefficient (Wildman–Crippen LogP) is 2.28. The molecule has 4 amide bonds. The number of carboxylic acids is 2. The van der Waals surface area contributed by atoms with E-state index in [0.717, 1.165) is 42.0 Å². The van der Waals surface area contributed by atoms with Crippen molar-refractivity contribution in [2.24, 2.45) is 29.4 Å². The SMILES string of the molecule is NCC1CC2CC(C(=O)N[C@@H](Cc3ccc4ccccc4c3)C(=O)NCCCC[C@H](NC(=O)N[C@@H](CCC(=O)O)C(=O)O)OC=O)CC2C1. The van der Waals surface area contributed by atoms with Crippen LogP contribution in [0.3, 0.4) is 0 Å². The van der Waals surface area contributed by atoms with Crippen molar-refractivity contribution in [1.82, 2.24) is 21.3 Å². The lowest BCUT2D eigenvalue weighted by Crippen LogP contribution is -2.50. The maximum absolute atomic E-state index is 13.5. The summed E-state index contributed by atoms with van der Waals surface area (Å²) in [6.45, 7) is 1.09. The van der Waals surface area contributed by atoms with Crippen LogP contribution in [0.1, 0.15) is 63.4 Å². The van der Waals surface area contributed by atoms with Gasteiger partial charge in [-0.3, -0.25) is 19.2 Å². The molecular weight excluding hydrogens is 634 g/mol. The summed E-state index contributed by atoms with van der Waals surface area (Å²) < 4.78 is 4.91. The van der Waals surface area contributed by atoms with E-state index in [2.05, 4.69) is 21.3 Å². The van der Waals surface area contributed by atoms with Gasteiger partial charge >= 0.3 is 18.0 Å². The molecule has 2 aliphatic carbocycles. The van der Waals surface area contributed by atoms with Crippen molar-refractivity contribution in [3.05, 3.63) is 48.0 Å². The first kappa shape index (κ1) is 37.1. The lowest BCUT2D eigenvalue weighted by atomic mass is 9.96. The summed E-state index contributed by atoms with van der Waals surface area (Å²) in [5, 5.41) is 30.6. The van der Waals surface area contributed by atoms with Crippen molar-refractivity contribution < 1.29 is 43.7 Å². The molecule has 0 bridgehead atoms. The summed E-state index contributed by atoms with van der Waals surface area (Å²) in [6, 6.07) is 10.7. The predicted molar refractivity (Wildman–Crippen MR) is 179 cm³/mol. The largest absolute Gasteiger partial charge is 0.481 e. The number of hydrogen-bond acceptors (Lipinski definition) is 8. The molecule has 2 fully saturated rings. The highest BCUT2D eigenvalue weighted by atomic mass is 16.5. The van der Waals surface area contributed by atoms with Gasteiger partial charge in [0.1, 0.15) is 12.1 Å². The first-order valence-electron chi connectivity index (χ1n) is 16.9. The van der Waals surface area contributed by atoms with Crippen LogP contribution in [0.25, 0.3) is 10.8 Å². The number of carbonyl (C=O) groups excluding carboxylic acids is 4. The fourth-order valence-corrected chi connectivity index (χ4v) is 7.15. The van der Waals surface area contributed by atoms with E-state index >= 15 is 0 Å². The van der Waals surface area contributed by atoms with Crippen LogP contribution < -0.4 is 27.0 Å². The van der Waals surface area contributed by atoms with Gasteiger partial charge in [-0.1, -0.05) is 42.5 Å². The molecule has 8 N–H and O–H groups in total. The number of carbonyl (C=O) groups is 6. The molecule has 0 aromatic heterocycles. The Balaban J connectivity index is 1.29. The molecule has 0 spiro atoms. The van der Waals surface area contributed by atoms with Gasteiger partial charge in [-0.25, -0.2) is 9.59 Å². The number of benzene rings is 2. The molecule has 2 aliphatic rings. The molecule has 266 valence electrons. The number of hydrogen-bond donors (Lipinski definition) is 7. The maximum atomic E-state index is 13.5. The fraction of sp³-hybridized carbons (Fsp3) is 0.543. The number of unbranched alkanes of at least 4 members (excludes halogenated alkanes) is 1. The van der Waals surface area contributed by atoms with Crippen molar-refractivity contribution in [2.45, 2.75) is 82.5 Å². The average molecular weight is 682 g/mol. The standard InChI is InChI=1S/C35H47N5O9/c36-19-22-14-25-17-27(18-26(25)15-22)32(44)38-29(16-21-8-9-23-5-1-2-6-24(23)13-21)33(45)37-12-4-3-7-30(49-20-41)40-35(48)39-28(34(46)47)10-11-31(42)43/h1-2,5-6,8-9,13,20,22,25-30H,3-4,7,10-12,14-19,36H2,(H,37,45)(H,38,44)(H,42,43)(H,46,47)(H2,39,40,48)/t22?,25?,26?,27?,28-,29-,30+/m0/s1. The second-order valence-electron chi connectivity index (χ2n) is 13.2. The molecule has 14 nitrogen and oxygen atoms in total. The Kier molecular flexibility index (Phi) is 13.7. The second-order valence-corrected chi connectivity index (χ2v) is 13.2. The third-order valence-corrected chi connectivity index (χ3v) is 9.66.